The summed E-state index contributed by atoms with van der Waals surface area (Å²) in [6.45, 7) is 3.90. The summed E-state index contributed by atoms with van der Waals surface area (Å²) in [6.07, 6.45) is 6.19. The highest BCUT2D eigenvalue weighted by Crippen LogP contribution is 2.24. The van der Waals surface area contributed by atoms with Crippen LogP contribution in [-0.4, -0.2) is 36.5 Å². The average molecular weight is 230 g/mol. The van der Waals surface area contributed by atoms with E-state index in [1.807, 2.05) is 0 Å². The van der Waals surface area contributed by atoms with E-state index in [9.17, 15) is 4.79 Å². The van der Waals surface area contributed by atoms with Crippen LogP contribution in [0.3, 0.4) is 0 Å². The van der Waals surface area contributed by atoms with E-state index in [1.54, 1.807) is 11.8 Å². The third-order valence-electron chi connectivity index (χ3n) is 2.95. The molecule has 2 N–H and O–H groups in total. The van der Waals surface area contributed by atoms with Crippen molar-refractivity contribution in [2.75, 3.05) is 25.1 Å². The van der Waals surface area contributed by atoms with Crippen molar-refractivity contribution in [2.45, 2.75) is 38.1 Å². The first-order valence-electron chi connectivity index (χ1n) is 5.77. The molecule has 3 nitrogen and oxygen atoms in total. The molecule has 1 aliphatic heterocycles. The zero-order valence-electron chi connectivity index (χ0n) is 9.77. The Labute approximate surface area is 96.8 Å². The number of amides is 1. The standard InChI is InChI=1S/C11H22N2OS/c1-3-5-11(6-4-7-13-11)10(14)12-8-9-15-2/h13H,3-9H2,1-2H3,(H,12,14). The number of carbonyl (C=O) groups excluding carboxylic acids is 1. The number of thioether (sulfide) groups is 1. The zero-order chi connectivity index (χ0) is 11.1. The molecule has 1 aliphatic rings. The van der Waals surface area contributed by atoms with Crippen molar-refractivity contribution in [3.63, 3.8) is 0 Å². The summed E-state index contributed by atoms with van der Waals surface area (Å²) >= 11 is 1.76. The zero-order valence-corrected chi connectivity index (χ0v) is 10.6. The molecule has 0 aliphatic carbocycles. The lowest BCUT2D eigenvalue weighted by molar-refractivity contribution is -0.127. The van der Waals surface area contributed by atoms with Crippen molar-refractivity contribution < 1.29 is 4.79 Å². The molecule has 0 bridgehead atoms. The monoisotopic (exact) mass is 230 g/mol. The van der Waals surface area contributed by atoms with Crippen LogP contribution in [0.5, 0.6) is 0 Å². The summed E-state index contributed by atoms with van der Waals surface area (Å²) in [4.78, 5) is 12.0. The summed E-state index contributed by atoms with van der Waals surface area (Å²) in [5.74, 6) is 1.20. The Balaban J connectivity index is 2.44. The van der Waals surface area contributed by atoms with Crippen molar-refractivity contribution in [3.8, 4) is 0 Å². The highest BCUT2D eigenvalue weighted by molar-refractivity contribution is 7.98. The van der Waals surface area contributed by atoms with Gasteiger partial charge in [0.2, 0.25) is 5.91 Å². The molecule has 1 atom stereocenters. The third kappa shape index (κ3) is 3.38. The van der Waals surface area contributed by atoms with Crippen molar-refractivity contribution in [1.29, 1.82) is 0 Å². The molecular formula is C11H22N2OS. The number of hydrogen-bond donors (Lipinski definition) is 2. The molecule has 1 amide bonds. The SMILES string of the molecule is CCCC1(C(=O)NCCSC)CCCN1. The van der Waals surface area contributed by atoms with Gasteiger partial charge in [-0.3, -0.25) is 4.79 Å². The van der Waals surface area contributed by atoms with Crippen molar-refractivity contribution in [3.05, 3.63) is 0 Å². The quantitative estimate of drug-likeness (QED) is 0.678. The third-order valence-corrected chi connectivity index (χ3v) is 3.56. The first-order chi connectivity index (χ1) is 7.25. The predicted octanol–water partition coefficient (Wildman–Crippen LogP) is 1.39. The van der Waals surface area contributed by atoms with Gasteiger partial charge in [0.15, 0.2) is 0 Å². The van der Waals surface area contributed by atoms with Crippen LogP contribution in [0, 0.1) is 0 Å². The van der Waals surface area contributed by atoms with Gasteiger partial charge in [0.25, 0.3) is 0 Å². The number of carbonyl (C=O) groups is 1. The second-order valence-corrected chi connectivity index (χ2v) is 5.10. The second kappa shape index (κ2) is 6.38. The van der Waals surface area contributed by atoms with Crippen LogP contribution in [0.15, 0.2) is 0 Å². The molecule has 0 aromatic rings. The van der Waals surface area contributed by atoms with Crippen LogP contribution in [-0.2, 0) is 4.79 Å². The van der Waals surface area contributed by atoms with Gasteiger partial charge in [0, 0.05) is 12.3 Å². The normalized spacial score (nSPS) is 25.5. The van der Waals surface area contributed by atoms with E-state index >= 15 is 0 Å². The minimum absolute atomic E-state index is 0.205. The van der Waals surface area contributed by atoms with Gasteiger partial charge in [-0.2, -0.15) is 11.8 Å². The lowest BCUT2D eigenvalue weighted by Gasteiger charge is -2.27. The van der Waals surface area contributed by atoms with E-state index in [-0.39, 0.29) is 11.4 Å². The molecule has 4 heteroatoms. The fourth-order valence-corrected chi connectivity index (χ4v) is 2.50. The molecule has 1 rings (SSSR count). The number of hydrogen-bond acceptors (Lipinski definition) is 3. The van der Waals surface area contributed by atoms with Crippen LogP contribution in [0.1, 0.15) is 32.6 Å². The van der Waals surface area contributed by atoms with Crippen molar-refractivity contribution in [2.24, 2.45) is 0 Å². The summed E-state index contributed by atoms with van der Waals surface area (Å²) in [5.41, 5.74) is -0.257. The first kappa shape index (κ1) is 12.8. The lowest BCUT2D eigenvalue weighted by atomic mass is 9.91. The Morgan fingerprint density at radius 2 is 2.40 bits per heavy atom. The molecule has 88 valence electrons. The van der Waals surface area contributed by atoms with Crippen LogP contribution in [0.2, 0.25) is 0 Å². The molecule has 0 spiro atoms. The van der Waals surface area contributed by atoms with Gasteiger partial charge in [-0.15, -0.1) is 0 Å². The van der Waals surface area contributed by atoms with E-state index in [4.69, 9.17) is 0 Å². The van der Waals surface area contributed by atoms with Crippen molar-refractivity contribution in [1.82, 2.24) is 10.6 Å². The summed E-state index contributed by atoms with van der Waals surface area (Å²) < 4.78 is 0. The molecule has 15 heavy (non-hydrogen) atoms. The Hall–Kier alpha value is -0.220. The van der Waals surface area contributed by atoms with E-state index < -0.39 is 0 Å². The molecule has 1 fully saturated rings. The van der Waals surface area contributed by atoms with Crippen LogP contribution in [0.4, 0.5) is 0 Å². The number of nitrogens with one attached hydrogen (secondary N) is 2. The van der Waals surface area contributed by atoms with Gasteiger partial charge in [0.1, 0.15) is 0 Å². The first-order valence-corrected chi connectivity index (χ1v) is 7.17. The molecule has 0 aromatic carbocycles. The highest BCUT2D eigenvalue weighted by Gasteiger charge is 2.39. The summed E-state index contributed by atoms with van der Waals surface area (Å²) in [6, 6.07) is 0. The van der Waals surface area contributed by atoms with E-state index in [0.717, 1.165) is 44.5 Å². The van der Waals surface area contributed by atoms with E-state index in [1.165, 1.54) is 0 Å². The second-order valence-electron chi connectivity index (χ2n) is 4.11. The average Bonchev–Trinajstić information content (AvgIpc) is 2.68. The van der Waals surface area contributed by atoms with Gasteiger partial charge in [0.05, 0.1) is 5.54 Å². The minimum atomic E-state index is -0.257. The Morgan fingerprint density at radius 3 is 2.93 bits per heavy atom. The summed E-state index contributed by atoms with van der Waals surface area (Å²) in [5, 5.41) is 6.41. The van der Waals surface area contributed by atoms with E-state index in [0.29, 0.717) is 0 Å². The van der Waals surface area contributed by atoms with Crippen LogP contribution >= 0.6 is 11.8 Å². The smallest absolute Gasteiger partial charge is 0.240 e. The van der Waals surface area contributed by atoms with Crippen LogP contribution < -0.4 is 10.6 Å². The van der Waals surface area contributed by atoms with Crippen LogP contribution in [0.25, 0.3) is 0 Å². The Kier molecular flexibility index (Phi) is 5.47. The fraction of sp³-hybridized carbons (Fsp3) is 0.909. The molecule has 0 saturated carbocycles. The number of rotatable bonds is 6. The molecular weight excluding hydrogens is 208 g/mol. The van der Waals surface area contributed by atoms with Gasteiger partial charge in [-0.05, 0) is 32.1 Å². The molecule has 0 aromatic heterocycles. The fourth-order valence-electron chi connectivity index (χ4n) is 2.19. The molecule has 1 unspecified atom stereocenters. The topological polar surface area (TPSA) is 41.1 Å². The van der Waals surface area contributed by atoms with Gasteiger partial charge in [-0.25, -0.2) is 0 Å². The van der Waals surface area contributed by atoms with E-state index in [2.05, 4.69) is 23.8 Å². The Bertz CT molecular complexity index is 203. The van der Waals surface area contributed by atoms with Crippen molar-refractivity contribution >= 4 is 17.7 Å². The molecule has 0 radical (unpaired) electrons. The molecule has 1 heterocycles. The maximum Gasteiger partial charge on any atom is 0.240 e. The van der Waals surface area contributed by atoms with Gasteiger partial charge < -0.3 is 10.6 Å². The minimum Gasteiger partial charge on any atom is -0.354 e. The Morgan fingerprint density at radius 1 is 1.60 bits per heavy atom. The lowest BCUT2D eigenvalue weighted by Crippen LogP contribution is -2.53. The highest BCUT2D eigenvalue weighted by atomic mass is 32.2. The molecule has 1 saturated heterocycles. The van der Waals surface area contributed by atoms with Gasteiger partial charge >= 0.3 is 0 Å². The summed E-state index contributed by atoms with van der Waals surface area (Å²) in [7, 11) is 0. The maximum atomic E-state index is 12.0. The largest absolute Gasteiger partial charge is 0.354 e. The van der Waals surface area contributed by atoms with Gasteiger partial charge in [-0.1, -0.05) is 13.3 Å². The maximum absolute atomic E-state index is 12.0. The predicted molar refractivity (Wildman–Crippen MR) is 66.3 cm³/mol.